The fraction of sp³-hybridized carbons (Fsp3) is 0.333. The summed E-state index contributed by atoms with van der Waals surface area (Å²) in [6.45, 7) is 7.22. The second-order valence-electron chi connectivity index (χ2n) is 6.53. The minimum absolute atomic E-state index is 0.0117. The molecule has 0 atom stereocenters. The van der Waals surface area contributed by atoms with Gasteiger partial charge in [0.05, 0.1) is 11.4 Å². The molecule has 1 aliphatic heterocycles. The number of benzene rings is 2. The Morgan fingerprint density at radius 3 is 2.42 bits per heavy atom. The maximum absolute atomic E-state index is 12.8. The van der Waals surface area contributed by atoms with Crippen molar-refractivity contribution in [3.8, 4) is 0 Å². The molecule has 2 aromatic carbocycles. The van der Waals surface area contributed by atoms with Crippen LogP contribution in [-0.2, 0) is 4.79 Å². The highest BCUT2D eigenvalue weighted by atomic mass is 16.2. The van der Waals surface area contributed by atoms with Crippen LogP contribution in [0.5, 0.6) is 0 Å². The normalized spacial score (nSPS) is 15.4. The summed E-state index contributed by atoms with van der Waals surface area (Å²) in [6.07, 6.45) is 2.06. The van der Waals surface area contributed by atoms with Crippen molar-refractivity contribution in [2.75, 3.05) is 11.4 Å². The van der Waals surface area contributed by atoms with E-state index >= 15 is 0 Å². The molecule has 24 heavy (non-hydrogen) atoms. The molecule has 0 aromatic heterocycles. The van der Waals surface area contributed by atoms with Crippen molar-refractivity contribution in [3.63, 3.8) is 0 Å². The average Bonchev–Trinajstić information content (AvgIpc) is 2.85. The molecule has 0 radical (unpaired) electrons. The molecule has 0 aliphatic carbocycles. The highest BCUT2D eigenvalue weighted by molar-refractivity contribution is 6.54. The molecule has 1 amide bonds. The van der Waals surface area contributed by atoms with Crippen LogP contribution in [-0.4, -0.2) is 18.2 Å². The number of carbonyl (C=O) groups excluding carboxylic acids is 1. The monoisotopic (exact) mass is 320 g/mol. The van der Waals surface area contributed by atoms with Crippen LogP contribution in [0, 0.1) is 0 Å². The summed E-state index contributed by atoms with van der Waals surface area (Å²) >= 11 is 0. The molecule has 3 nitrogen and oxygen atoms in total. The number of aliphatic imine (C=N–C) groups is 1. The lowest BCUT2D eigenvalue weighted by Crippen LogP contribution is -2.30. The molecular formula is C21H24N2O. The number of nitrogens with zero attached hydrogens (tertiary/aromatic N) is 2. The van der Waals surface area contributed by atoms with Crippen molar-refractivity contribution in [3.05, 3.63) is 59.7 Å². The second kappa shape index (κ2) is 7.00. The van der Waals surface area contributed by atoms with Crippen LogP contribution in [0.2, 0.25) is 0 Å². The minimum Gasteiger partial charge on any atom is -0.306 e. The summed E-state index contributed by atoms with van der Waals surface area (Å²) in [5.41, 5.74) is 4.58. The number of carbonyl (C=O) groups is 1. The summed E-state index contributed by atoms with van der Waals surface area (Å²) in [4.78, 5) is 19.4. The highest BCUT2D eigenvalue weighted by Gasteiger charge is 2.33. The van der Waals surface area contributed by atoms with E-state index in [9.17, 15) is 4.79 Å². The largest absolute Gasteiger partial charge is 0.306 e. The van der Waals surface area contributed by atoms with E-state index < -0.39 is 0 Å². The van der Waals surface area contributed by atoms with Gasteiger partial charge in [0.25, 0.3) is 5.91 Å². The Hall–Kier alpha value is -2.42. The van der Waals surface area contributed by atoms with Crippen LogP contribution in [0.3, 0.4) is 0 Å². The van der Waals surface area contributed by atoms with Gasteiger partial charge in [-0.15, -0.1) is 0 Å². The molecular weight excluding hydrogens is 296 g/mol. The van der Waals surface area contributed by atoms with Gasteiger partial charge in [0.1, 0.15) is 5.71 Å². The molecule has 1 aliphatic rings. The van der Waals surface area contributed by atoms with E-state index in [1.165, 1.54) is 5.56 Å². The zero-order chi connectivity index (χ0) is 17.1. The van der Waals surface area contributed by atoms with E-state index in [0.717, 1.165) is 36.3 Å². The van der Waals surface area contributed by atoms with Crippen molar-refractivity contribution in [1.29, 1.82) is 0 Å². The summed E-state index contributed by atoms with van der Waals surface area (Å²) in [6, 6.07) is 16.1. The molecule has 0 spiro atoms. The van der Waals surface area contributed by atoms with E-state index in [2.05, 4.69) is 37.9 Å². The maximum atomic E-state index is 12.8. The van der Waals surface area contributed by atoms with E-state index in [-0.39, 0.29) is 5.91 Å². The van der Waals surface area contributed by atoms with E-state index in [1.807, 2.05) is 41.3 Å². The predicted molar refractivity (Wildman–Crippen MR) is 100 cm³/mol. The summed E-state index contributed by atoms with van der Waals surface area (Å²) < 4.78 is 0. The van der Waals surface area contributed by atoms with Crippen LogP contribution < -0.4 is 4.90 Å². The van der Waals surface area contributed by atoms with E-state index in [4.69, 9.17) is 0 Å². The molecule has 0 bridgehead atoms. The Kier molecular flexibility index (Phi) is 4.79. The van der Waals surface area contributed by atoms with Gasteiger partial charge in [0.2, 0.25) is 0 Å². The SMILES string of the molecule is CCCCN1C(=O)C(=Nc2ccc(C(C)C)cc2)c2ccccc21. The van der Waals surface area contributed by atoms with Gasteiger partial charge in [0.15, 0.2) is 0 Å². The number of hydrogen-bond donors (Lipinski definition) is 0. The summed E-state index contributed by atoms with van der Waals surface area (Å²) in [7, 11) is 0. The predicted octanol–water partition coefficient (Wildman–Crippen LogP) is 5.08. The smallest absolute Gasteiger partial charge is 0.277 e. The zero-order valence-corrected chi connectivity index (χ0v) is 14.6. The first-order valence-electron chi connectivity index (χ1n) is 8.71. The summed E-state index contributed by atoms with van der Waals surface area (Å²) in [5.74, 6) is 0.502. The molecule has 0 fully saturated rings. The van der Waals surface area contributed by atoms with Gasteiger partial charge >= 0.3 is 0 Å². The third kappa shape index (κ3) is 3.12. The van der Waals surface area contributed by atoms with Gasteiger partial charge in [-0.2, -0.15) is 0 Å². The number of fused-ring (bicyclic) bond motifs is 1. The number of para-hydroxylation sites is 1. The number of rotatable bonds is 5. The molecule has 0 unspecified atom stereocenters. The fourth-order valence-corrected chi connectivity index (χ4v) is 2.97. The van der Waals surface area contributed by atoms with Gasteiger partial charge < -0.3 is 4.90 Å². The van der Waals surface area contributed by atoms with Crippen LogP contribution in [0.25, 0.3) is 0 Å². The number of unbranched alkanes of at least 4 members (excludes halogenated alkanes) is 1. The molecule has 124 valence electrons. The maximum Gasteiger partial charge on any atom is 0.277 e. The van der Waals surface area contributed by atoms with Crippen molar-refractivity contribution >= 4 is 23.0 Å². The lowest BCUT2D eigenvalue weighted by Gasteiger charge is -2.15. The lowest BCUT2D eigenvalue weighted by molar-refractivity contribution is -0.112. The topological polar surface area (TPSA) is 32.7 Å². The number of hydrogen-bond acceptors (Lipinski definition) is 2. The number of amides is 1. The van der Waals surface area contributed by atoms with Gasteiger partial charge in [-0.05, 0) is 36.1 Å². The third-order valence-corrected chi connectivity index (χ3v) is 4.43. The van der Waals surface area contributed by atoms with E-state index in [0.29, 0.717) is 11.6 Å². The van der Waals surface area contributed by atoms with E-state index in [1.54, 1.807) is 0 Å². The van der Waals surface area contributed by atoms with Crippen LogP contribution in [0.4, 0.5) is 11.4 Å². The van der Waals surface area contributed by atoms with Gasteiger partial charge in [-0.25, -0.2) is 4.99 Å². The zero-order valence-electron chi connectivity index (χ0n) is 14.6. The minimum atomic E-state index is 0.0117. The Morgan fingerprint density at radius 1 is 1.04 bits per heavy atom. The Morgan fingerprint density at radius 2 is 1.75 bits per heavy atom. The molecule has 0 saturated carbocycles. The molecule has 2 aromatic rings. The second-order valence-corrected chi connectivity index (χ2v) is 6.53. The Labute approximate surface area is 144 Å². The molecule has 0 N–H and O–H groups in total. The van der Waals surface area contributed by atoms with Crippen LogP contribution in [0.1, 0.15) is 50.7 Å². The average molecular weight is 320 g/mol. The quantitative estimate of drug-likeness (QED) is 0.756. The first-order valence-corrected chi connectivity index (χ1v) is 8.71. The third-order valence-electron chi connectivity index (χ3n) is 4.43. The Balaban J connectivity index is 1.96. The molecule has 3 heteroatoms. The van der Waals surface area contributed by atoms with Crippen molar-refractivity contribution < 1.29 is 4.79 Å². The first kappa shape index (κ1) is 16.4. The molecule has 0 saturated heterocycles. The van der Waals surface area contributed by atoms with Crippen molar-refractivity contribution in [2.45, 2.75) is 39.5 Å². The van der Waals surface area contributed by atoms with Crippen LogP contribution in [0.15, 0.2) is 53.5 Å². The first-order chi connectivity index (χ1) is 11.6. The lowest BCUT2D eigenvalue weighted by atomic mass is 10.0. The van der Waals surface area contributed by atoms with Crippen molar-refractivity contribution in [1.82, 2.24) is 0 Å². The van der Waals surface area contributed by atoms with Gasteiger partial charge in [-0.1, -0.05) is 57.5 Å². The van der Waals surface area contributed by atoms with Crippen LogP contribution >= 0.6 is 0 Å². The standard InChI is InChI=1S/C21H24N2O/c1-4-5-14-23-19-9-7-6-8-18(19)20(21(23)24)22-17-12-10-16(11-13-17)15(2)3/h6-13,15H,4-5,14H2,1-3H3. The molecule has 3 rings (SSSR count). The fourth-order valence-electron chi connectivity index (χ4n) is 2.97. The van der Waals surface area contributed by atoms with Gasteiger partial charge in [-0.3, -0.25) is 4.79 Å². The Bertz CT molecular complexity index is 760. The van der Waals surface area contributed by atoms with Gasteiger partial charge in [0, 0.05) is 12.1 Å². The number of anilines is 1. The summed E-state index contributed by atoms with van der Waals surface area (Å²) in [5, 5.41) is 0. The van der Waals surface area contributed by atoms with Crippen molar-refractivity contribution in [2.24, 2.45) is 4.99 Å². The highest BCUT2D eigenvalue weighted by Crippen LogP contribution is 2.31. The molecule has 1 heterocycles.